The molecule has 7 heteroatoms. The second-order valence-corrected chi connectivity index (χ2v) is 5.85. The van der Waals surface area contributed by atoms with E-state index in [-0.39, 0.29) is 11.7 Å². The SMILES string of the molecule is O=C(Nc1cccc(Cl)c1)N[C@H]1CCN(c2ccc(F)cc2)C1=O. The molecule has 1 aliphatic heterocycles. The van der Waals surface area contributed by atoms with Crippen LogP contribution < -0.4 is 15.5 Å². The van der Waals surface area contributed by atoms with Crippen LogP contribution in [0.4, 0.5) is 20.6 Å². The van der Waals surface area contributed by atoms with Gasteiger partial charge in [0.05, 0.1) is 0 Å². The Hall–Kier alpha value is -2.60. The van der Waals surface area contributed by atoms with Gasteiger partial charge in [0.15, 0.2) is 0 Å². The number of rotatable bonds is 3. The molecule has 1 atom stereocenters. The molecule has 5 nitrogen and oxygen atoms in total. The molecule has 2 N–H and O–H groups in total. The second-order valence-electron chi connectivity index (χ2n) is 5.42. The molecule has 2 aromatic rings. The number of nitrogens with one attached hydrogen (secondary N) is 2. The number of anilines is 2. The van der Waals surface area contributed by atoms with Gasteiger partial charge in [0, 0.05) is 22.9 Å². The molecular weight excluding hydrogens is 333 g/mol. The third-order valence-electron chi connectivity index (χ3n) is 3.73. The highest BCUT2D eigenvalue weighted by Crippen LogP contribution is 2.22. The van der Waals surface area contributed by atoms with E-state index in [1.165, 1.54) is 17.0 Å². The predicted molar refractivity (Wildman–Crippen MR) is 90.8 cm³/mol. The van der Waals surface area contributed by atoms with Gasteiger partial charge in [0.2, 0.25) is 5.91 Å². The number of hydrogen-bond donors (Lipinski definition) is 2. The molecule has 0 radical (unpaired) electrons. The van der Waals surface area contributed by atoms with Gasteiger partial charge < -0.3 is 15.5 Å². The van der Waals surface area contributed by atoms with Crippen molar-refractivity contribution in [3.63, 3.8) is 0 Å². The van der Waals surface area contributed by atoms with Crippen molar-refractivity contribution in [1.29, 1.82) is 0 Å². The smallest absolute Gasteiger partial charge is 0.319 e. The summed E-state index contributed by atoms with van der Waals surface area (Å²) in [5, 5.41) is 5.79. The van der Waals surface area contributed by atoms with E-state index in [4.69, 9.17) is 11.6 Å². The molecule has 124 valence electrons. The number of carbonyl (C=O) groups is 2. The molecule has 24 heavy (non-hydrogen) atoms. The molecule has 0 saturated carbocycles. The van der Waals surface area contributed by atoms with Crippen LogP contribution in [0.3, 0.4) is 0 Å². The summed E-state index contributed by atoms with van der Waals surface area (Å²) in [5.41, 5.74) is 1.15. The van der Waals surface area contributed by atoms with Gasteiger partial charge in [-0.3, -0.25) is 4.79 Å². The Labute approximate surface area is 143 Å². The highest BCUT2D eigenvalue weighted by Gasteiger charge is 2.33. The van der Waals surface area contributed by atoms with E-state index in [0.29, 0.717) is 29.4 Å². The average molecular weight is 348 g/mol. The Morgan fingerprint density at radius 3 is 2.67 bits per heavy atom. The molecule has 3 rings (SSSR count). The van der Waals surface area contributed by atoms with Gasteiger partial charge in [-0.25, -0.2) is 9.18 Å². The number of benzene rings is 2. The largest absolute Gasteiger partial charge is 0.326 e. The van der Waals surface area contributed by atoms with Crippen molar-refractivity contribution in [2.45, 2.75) is 12.5 Å². The molecule has 0 aromatic heterocycles. The standard InChI is InChI=1S/C17H15ClFN3O2/c18-11-2-1-3-13(10-11)20-17(24)21-15-8-9-22(16(15)23)14-6-4-12(19)5-7-14/h1-7,10,15H,8-9H2,(H2,20,21,24)/t15-/m0/s1. The first-order valence-corrected chi connectivity index (χ1v) is 7.81. The Balaban J connectivity index is 1.61. The second kappa shape index (κ2) is 6.88. The van der Waals surface area contributed by atoms with Crippen LogP contribution in [0, 0.1) is 5.82 Å². The van der Waals surface area contributed by atoms with Gasteiger partial charge in [0.25, 0.3) is 0 Å². The Kier molecular flexibility index (Phi) is 4.66. The minimum absolute atomic E-state index is 0.220. The van der Waals surface area contributed by atoms with Crippen molar-refractivity contribution in [3.8, 4) is 0 Å². The van der Waals surface area contributed by atoms with Gasteiger partial charge in [-0.2, -0.15) is 0 Å². The van der Waals surface area contributed by atoms with E-state index in [0.717, 1.165) is 0 Å². The average Bonchev–Trinajstić information content (AvgIpc) is 2.89. The zero-order chi connectivity index (χ0) is 17.1. The molecule has 1 fully saturated rings. The van der Waals surface area contributed by atoms with Gasteiger partial charge in [-0.1, -0.05) is 17.7 Å². The zero-order valence-corrected chi connectivity index (χ0v) is 13.4. The fraction of sp³-hybridized carbons (Fsp3) is 0.176. The fourth-order valence-corrected chi connectivity index (χ4v) is 2.77. The minimum atomic E-state index is -0.616. The lowest BCUT2D eigenvalue weighted by Gasteiger charge is -2.17. The molecule has 1 heterocycles. The number of urea groups is 1. The Bertz CT molecular complexity index is 767. The monoisotopic (exact) mass is 347 g/mol. The summed E-state index contributed by atoms with van der Waals surface area (Å²) < 4.78 is 13.0. The summed E-state index contributed by atoms with van der Waals surface area (Å²) in [6.07, 6.45) is 0.485. The Morgan fingerprint density at radius 1 is 1.21 bits per heavy atom. The van der Waals surface area contributed by atoms with Crippen LogP contribution in [-0.4, -0.2) is 24.5 Å². The van der Waals surface area contributed by atoms with Gasteiger partial charge in [0.1, 0.15) is 11.9 Å². The fourth-order valence-electron chi connectivity index (χ4n) is 2.58. The van der Waals surface area contributed by atoms with Gasteiger partial charge in [-0.15, -0.1) is 0 Å². The number of amides is 3. The molecule has 2 aromatic carbocycles. The van der Waals surface area contributed by atoms with E-state index in [2.05, 4.69) is 10.6 Å². The highest BCUT2D eigenvalue weighted by atomic mass is 35.5. The van der Waals surface area contributed by atoms with Crippen molar-refractivity contribution in [2.24, 2.45) is 0 Å². The summed E-state index contributed by atoms with van der Waals surface area (Å²) in [4.78, 5) is 26.0. The molecule has 0 aliphatic carbocycles. The summed E-state index contributed by atoms with van der Waals surface area (Å²) >= 11 is 5.86. The van der Waals surface area contributed by atoms with Crippen LogP contribution in [0.25, 0.3) is 0 Å². The van der Waals surface area contributed by atoms with Gasteiger partial charge in [-0.05, 0) is 48.9 Å². The molecule has 1 aliphatic rings. The first kappa shape index (κ1) is 16.3. The first-order chi connectivity index (χ1) is 11.5. The highest BCUT2D eigenvalue weighted by molar-refractivity contribution is 6.30. The number of carbonyl (C=O) groups excluding carboxylic acids is 2. The molecule has 0 bridgehead atoms. The Morgan fingerprint density at radius 2 is 1.96 bits per heavy atom. The molecule has 0 spiro atoms. The third-order valence-corrected chi connectivity index (χ3v) is 3.97. The van der Waals surface area contributed by atoms with E-state index in [1.54, 1.807) is 36.4 Å². The van der Waals surface area contributed by atoms with Gasteiger partial charge >= 0.3 is 6.03 Å². The minimum Gasteiger partial charge on any atom is -0.326 e. The van der Waals surface area contributed by atoms with Crippen LogP contribution in [0.5, 0.6) is 0 Å². The maximum absolute atomic E-state index is 13.0. The molecular formula is C17H15ClFN3O2. The molecule has 1 saturated heterocycles. The summed E-state index contributed by atoms with van der Waals surface area (Å²) in [6.45, 7) is 0.465. The quantitative estimate of drug-likeness (QED) is 0.893. The topological polar surface area (TPSA) is 61.4 Å². The maximum atomic E-state index is 13.0. The summed E-state index contributed by atoms with van der Waals surface area (Å²) in [5.74, 6) is -0.580. The van der Waals surface area contributed by atoms with Crippen LogP contribution in [-0.2, 0) is 4.79 Å². The van der Waals surface area contributed by atoms with Crippen molar-refractivity contribution in [1.82, 2.24) is 5.32 Å². The summed E-state index contributed by atoms with van der Waals surface area (Å²) in [6, 6.07) is 11.3. The van der Waals surface area contributed by atoms with Crippen LogP contribution in [0.15, 0.2) is 48.5 Å². The van der Waals surface area contributed by atoms with E-state index >= 15 is 0 Å². The maximum Gasteiger partial charge on any atom is 0.319 e. The lowest BCUT2D eigenvalue weighted by Crippen LogP contribution is -2.43. The van der Waals surface area contributed by atoms with E-state index in [1.807, 2.05) is 0 Å². The van der Waals surface area contributed by atoms with E-state index < -0.39 is 12.1 Å². The third kappa shape index (κ3) is 3.65. The number of halogens is 2. The molecule has 3 amide bonds. The number of nitrogens with zero attached hydrogens (tertiary/aromatic N) is 1. The lowest BCUT2D eigenvalue weighted by molar-refractivity contribution is -0.118. The van der Waals surface area contributed by atoms with Crippen molar-refractivity contribution in [3.05, 3.63) is 59.4 Å². The van der Waals surface area contributed by atoms with Crippen molar-refractivity contribution >= 4 is 34.9 Å². The summed E-state index contributed by atoms with van der Waals surface area (Å²) in [7, 11) is 0. The van der Waals surface area contributed by atoms with Crippen LogP contribution in [0.2, 0.25) is 5.02 Å². The van der Waals surface area contributed by atoms with Crippen LogP contribution in [0.1, 0.15) is 6.42 Å². The van der Waals surface area contributed by atoms with Crippen molar-refractivity contribution in [2.75, 3.05) is 16.8 Å². The molecule has 0 unspecified atom stereocenters. The van der Waals surface area contributed by atoms with Crippen LogP contribution >= 0.6 is 11.6 Å². The zero-order valence-electron chi connectivity index (χ0n) is 12.6. The van der Waals surface area contributed by atoms with Crippen molar-refractivity contribution < 1.29 is 14.0 Å². The lowest BCUT2D eigenvalue weighted by atomic mass is 10.2. The predicted octanol–water partition coefficient (Wildman–Crippen LogP) is 3.41. The normalized spacial score (nSPS) is 17.0. The van der Waals surface area contributed by atoms with E-state index in [9.17, 15) is 14.0 Å². The number of hydrogen-bond acceptors (Lipinski definition) is 2. The first-order valence-electron chi connectivity index (χ1n) is 7.43.